The second-order valence-corrected chi connectivity index (χ2v) is 5.24. The topological polar surface area (TPSA) is 44.5 Å². The Morgan fingerprint density at radius 3 is 2.68 bits per heavy atom. The number of nitrogens with zero attached hydrogens (tertiary/aromatic N) is 3. The summed E-state index contributed by atoms with van der Waals surface area (Å²) in [7, 11) is 4.21. The summed E-state index contributed by atoms with van der Waals surface area (Å²) < 4.78 is 5.40. The Morgan fingerprint density at radius 1 is 1.37 bits per heavy atom. The first kappa shape index (κ1) is 16.1. The lowest BCUT2D eigenvalue weighted by Gasteiger charge is -2.28. The molecule has 1 heterocycles. The van der Waals surface area contributed by atoms with Crippen molar-refractivity contribution in [2.24, 2.45) is 0 Å². The minimum Gasteiger partial charge on any atom is -0.360 e. The molecule has 0 fully saturated rings. The first-order valence-corrected chi connectivity index (χ1v) is 7.10. The van der Waals surface area contributed by atoms with Gasteiger partial charge in [0.25, 0.3) is 0 Å². The van der Waals surface area contributed by atoms with Crippen molar-refractivity contribution in [1.29, 1.82) is 0 Å². The van der Waals surface area contributed by atoms with E-state index in [2.05, 4.69) is 55.1 Å². The summed E-state index contributed by atoms with van der Waals surface area (Å²) in [5, 5.41) is 7.34. The third kappa shape index (κ3) is 5.72. The predicted molar refractivity (Wildman–Crippen MR) is 78.0 cm³/mol. The highest BCUT2D eigenvalue weighted by molar-refractivity contribution is 5.05. The van der Waals surface area contributed by atoms with Gasteiger partial charge in [0.2, 0.25) is 0 Å². The summed E-state index contributed by atoms with van der Waals surface area (Å²) in [6, 6.07) is 2.55. The molecule has 5 nitrogen and oxygen atoms in total. The Balaban J connectivity index is 2.52. The van der Waals surface area contributed by atoms with Crippen molar-refractivity contribution in [1.82, 2.24) is 20.3 Å². The fourth-order valence-corrected chi connectivity index (χ4v) is 2.19. The molecule has 1 unspecified atom stereocenters. The van der Waals surface area contributed by atoms with Gasteiger partial charge in [0, 0.05) is 25.2 Å². The molecule has 0 saturated carbocycles. The van der Waals surface area contributed by atoms with Crippen molar-refractivity contribution in [3.63, 3.8) is 0 Å². The van der Waals surface area contributed by atoms with Gasteiger partial charge in [-0.2, -0.15) is 0 Å². The van der Waals surface area contributed by atoms with Gasteiger partial charge in [0.1, 0.15) is 0 Å². The van der Waals surface area contributed by atoms with Crippen molar-refractivity contribution in [2.45, 2.75) is 39.9 Å². The van der Waals surface area contributed by atoms with Gasteiger partial charge in [-0.05, 0) is 34.1 Å². The van der Waals surface area contributed by atoms with E-state index in [4.69, 9.17) is 4.52 Å². The fourth-order valence-electron chi connectivity index (χ4n) is 2.19. The molecular formula is C14H28N4O. The molecule has 0 aliphatic carbocycles. The normalized spacial score (nSPS) is 13.4. The third-order valence-electron chi connectivity index (χ3n) is 3.18. The van der Waals surface area contributed by atoms with Crippen LogP contribution >= 0.6 is 0 Å². The van der Waals surface area contributed by atoms with Crippen LogP contribution in [0.1, 0.15) is 32.2 Å². The van der Waals surface area contributed by atoms with Gasteiger partial charge in [-0.15, -0.1) is 0 Å². The second kappa shape index (κ2) is 8.30. The lowest BCUT2D eigenvalue weighted by atomic mass is 10.2. The van der Waals surface area contributed by atoms with Crippen molar-refractivity contribution >= 4 is 0 Å². The van der Waals surface area contributed by atoms with Crippen molar-refractivity contribution in [2.75, 3.05) is 33.7 Å². The van der Waals surface area contributed by atoms with Gasteiger partial charge >= 0.3 is 0 Å². The molecule has 0 amide bonds. The molecule has 0 aromatic carbocycles. The lowest BCUT2D eigenvalue weighted by molar-refractivity contribution is 0.158. The van der Waals surface area contributed by atoms with Gasteiger partial charge in [-0.3, -0.25) is 4.90 Å². The Labute approximate surface area is 116 Å². The zero-order valence-corrected chi connectivity index (χ0v) is 12.9. The van der Waals surface area contributed by atoms with Gasteiger partial charge in [-0.1, -0.05) is 19.0 Å². The summed E-state index contributed by atoms with van der Waals surface area (Å²) in [5.41, 5.74) is 0.980. The molecule has 5 heteroatoms. The molecule has 0 spiro atoms. The Bertz CT molecular complexity index is 351. The molecule has 0 saturated heterocycles. The summed E-state index contributed by atoms with van der Waals surface area (Å²) in [6.07, 6.45) is 0. The van der Waals surface area contributed by atoms with Crippen LogP contribution in [0.2, 0.25) is 0 Å². The fraction of sp³-hybridized carbons (Fsp3) is 0.786. The average molecular weight is 268 g/mol. The minimum absolute atomic E-state index is 0.502. The number of nitrogens with one attached hydrogen (secondary N) is 1. The maximum atomic E-state index is 5.40. The molecule has 1 rings (SSSR count). The van der Waals surface area contributed by atoms with Crippen LogP contribution < -0.4 is 5.32 Å². The quantitative estimate of drug-likeness (QED) is 0.736. The van der Waals surface area contributed by atoms with E-state index < -0.39 is 0 Å². The number of aromatic nitrogens is 1. The summed E-state index contributed by atoms with van der Waals surface area (Å²) in [4.78, 5) is 4.61. The van der Waals surface area contributed by atoms with E-state index in [9.17, 15) is 0 Å². The highest BCUT2D eigenvalue weighted by Crippen LogP contribution is 2.10. The first-order valence-electron chi connectivity index (χ1n) is 7.10. The van der Waals surface area contributed by atoms with E-state index in [-0.39, 0.29) is 0 Å². The molecule has 0 radical (unpaired) electrons. The molecule has 1 aromatic rings. The van der Waals surface area contributed by atoms with E-state index >= 15 is 0 Å². The van der Waals surface area contributed by atoms with E-state index in [0.717, 1.165) is 44.2 Å². The average Bonchev–Trinajstić information content (AvgIpc) is 2.80. The molecule has 0 aliphatic rings. The van der Waals surface area contributed by atoms with Gasteiger partial charge in [0.05, 0.1) is 12.2 Å². The first-order chi connectivity index (χ1) is 9.06. The molecule has 1 N–H and O–H groups in total. The number of hydrogen-bond acceptors (Lipinski definition) is 5. The van der Waals surface area contributed by atoms with Gasteiger partial charge < -0.3 is 14.7 Å². The summed E-state index contributed by atoms with van der Waals surface area (Å²) in [5.74, 6) is 0.945. The SMILES string of the molecule is CCNCc1cc(CN(CC)C(C)CN(C)C)on1. The van der Waals surface area contributed by atoms with Crippen LogP contribution in [0.15, 0.2) is 10.6 Å². The Kier molecular flexibility index (Phi) is 7.05. The molecule has 0 aliphatic heterocycles. The number of likely N-dealkylation sites (N-methyl/N-ethyl adjacent to an activating group) is 2. The predicted octanol–water partition coefficient (Wildman–Crippen LogP) is 1.56. The number of rotatable bonds is 9. The summed E-state index contributed by atoms with van der Waals surface area (Å²) >= 11 is 0. The molecule has 110 valence electrons. The number of hydrogen-bond donors (Lipinski definition) is 1. The maximum Gasteiger partial charge on any atom is 0.151 e. The van der Waals surface area contributed by atoms with Crippen LogP contribution in [0.25, 0.3) is 0 Å². The van der Waals surface area contributed by atoms with Crippen LogP contribution in [0, 0.1) is 0 Å². The van der Waals surface area contributed by atoms with Crippen LogP contribution in [0.3, 0.4) is 0 Å². The zero-order valence-electron chi connectivity index (χ0n) is 12.9. The standard InChI is InChI=1S/C14H28N4O/c1-6-15-9-13-8-14(19-16-13)11-18(7-2)12(3)10-17(4)5/h8,12,15H,6-7,9-11H2,1-5H3. The van der Waals surface area contributed by atoms with E-state index in [1.807, 2.05) is 6.07 Å². The van der Waals surface area contributed by atoms with E-state index in [1.54, 1.807) is 0 Å². The monoisotopic (exact) mass is 268 g/mol. The van der Waals surface area contributed by atoms with Crippen LogP contribution in [-0.4, -0.2) is 54.7 Å². The minimum atomic E-state index is 0.502. The molecule has 19 heavy (non-hydrogen) atoms. The largest absolute Gasteiger partial charge is 0.360 e. The highest BCUT2D eigenvalue weighted by Gasteiger charge is 2.15. The van der Waals surface area contributed by atoms with E-state index in [0.29, 0.717) is 6.04 Å². The second-order valence-electron chi connectivity index (χ2n) is 5.24. The lowest BCUT2D eigenvalue weighted by Crippen LogP contribution is -2.39. The van der Waals surface area contributed by atoms with Crippen LogP contribution in [-0.2, 0) is 13.1 Å². The van der Waals surface area contributed by atoms with Crippen molar-refractivity contribution in [3.05, 3.63) is 17.5 Å². The maximum absolute atomic E-state index is 5.40. The zero-order chi connectivity index (χ0) is 14.3. The van der Waals surface area contributed by atoms with Crippen molar-refractivity contribution < 1.29 is 4.52 Å². The Hall–Kier alpha value is -0.910. The highest BCUT2D eigenvalue weighted by atomic mass is 16.5. The third-order valence-corrected chi connectivity index (χ3v) is 3.18. The molecular weight excluding hydrogens is 240 g/mol. The summed E-state index contributed by atoms with van der Waals surface area (Å²) in [6.45, 7) is 11.1. The van der Waals surface area contributed by atoms with Gasteiger partial charge in [0.15, 0.2) is 5.76 Å². The van der Waals surface area contributed by atoms with Crippen LogP contribution in [0.4, 0.5) is 0 Å². The molecule has 1 atom stereocenters. The van der Waals surface area contributed by atoms with E-state index in [1.165, 1.54) is 0 Å². The smallest absolute Gasteiger partial charge is 0.151 e. The van der Waals surface area contributed by atoms with Crippen LogP contribution in [0.5, 0.6) is 0 Å². The van der Waals surface area contributed by atoms with Crippen molar-refractivity contribution in [3.8, 4) is 0 Å². The van der Waals surface area contributed by atoms with Gasteiger partial charge in [-0.25, -0.2) is 0 Å². The Morgan fingerprint density at radius 2 is 2.11 bits per heavy atom. The molecule has 0 bridgehead atoms. The molecule has 1 aromatic heterocycles.